The zero-order valence-corrected chi connectivity index (χ0v) is 15.0. The number of carbonyl (C=O) groups is 1. The number of benzene rings is 1. The molecular formula is C17H21N3O5S. The molecule has 2 aromatic rings. The molecule has 1 aromatic carbocycles. The van der Waals surface area contributed by atoms with Gasteiger partial charge in [-0.25, -0.2) is 17.9 Å². The van der Waals surface area contributed by atoms with E-state index in [4.69, 9.17) is 4.42 Å². The number of aromatic amines is 1. The Morgan fingerprint density at radius 3 is 2.77 bits per heavy atom. The lowest BCUT2D eigenvalue weighted by Gasteiger charge is -2.24. The van der Waals surface area contributed by atoms with Gasteiger partial charge in [0.1, 0.15) is 0 Å². The topological polar surface area (TPSA) is 112 Å². The van der Waals surface area contributed by atoms with Gasteiger partial charge in [0.05, 0.1) is 10.4 Å². The molecule has 2 fully saturated rings. The van der Waals surface area contributed by atoms with E-state index in [1.54, 1.807) is 0 Å². The van der Waals surface area contributed by atoms with Crippen molar-refractivity contribution in [1.29, 1.82) is 0 Å². The molecule has 0 unspecified atom stereocenters. The van der Waals surface area contributed by atoms with Gasteiger partial charge in [-0.05, 0) is 37.0 Å². The second-order valence-electron chi connectivity index (χ2n) is 7.08. The number of H-pyrrole nitrogens is 1. The number of hydrogen-bond donors (Lipinski definition) is 2. The predicted octanol–water partition coefficient (Wildman–Crippen LogP) is 1.19. The van der Waals surface area contributed by atoms with E-state index in [-0.39, 0.29) is 23.3 Å². The van der Waals surface area contributed by atoms with Gasteiger partial charge in [0.25, 0.3) is 0 Å². The number of carbonyl (C=O) groups excluding carboxylic acids is 1. The molecular weight excluding hydrogens is 358 g/mol. The molecule has 1 saturated carbocycles. The lowest BCUT2D eigenvalue weighted by Crippen LogP contribution is -2.36. The number of nitrogens with one attached hydrogen (secondary N) is 2. The number of rotatable bonds is 5. The molecule has 140 valence electrons. The summed E-state index contributed by atoms with van der Waals surface area (Å²) in [7, 11) is -3.73. The normalized spacial score (nSPS) is 21.9. The fraction of sp³-hybridized carbons (Fsp3) is 0.529. The molecule has 1 aromatic heterocycles. The lowest BCUT2D eigenvalue weighted by atomic mass is 10.1. The van der Waals surface area contributed by atoms with Gasteiger partial charge in [-0.1, -0.05) is 12.8 Å². The Kier molecular flexibility index (Phi) is 4.36. The minimum absolute atomic E-state index is 0.0182. The second kappa shape index (κ2) is 6.55. The molecule has 2 heterocycles. The minimum Gasteiger partial charge on any atom is -0.408 e. The zero-order valence-electron chi connectivity index (χ0n) is 14.2. The quantitative estimate of drug-likeness (QED) is 0.810. The van der Waals surface area contributed by atoms with Crippen LogP contribution in [0.3, 0.4) is 0 Å². The highest BCUT2D eigenvalue weighted by atomic mass is 32.2. The Hall–Kier alpha value is -2.13. The van der Waals surface area contributed by atoms with E-state index in [1.165, 1.54) is 18.2 Å². The SMILES string of the molecule is O=C1C[C@@H](CNS(=O)(=O)c2ccc3oc(=O)[nH]c3c2)CN1C1CCCC1. The van der Waals surface area contributed by atoms with E-state index < -0.39 is 15.8 Å². The van der Waals surface area contributed by atoms with Crippen molar-refractivity contribution in [2.24, 2.45) is 5.92 Å². The number of aromatic nitrogens is 1. The summed E-state index contributed by atoms with van der Waals surface area (Å²) in [5, 5.41) is 0. The highest BCUT2D eigenvalue weighted by molar-refractivity contribution is 7.89. The van der Waals surface area contributed by atoms with Crippen molar-refractivity contribution in [1.82, 2.24) is 14.6 Å². The molecule has 1 aliphatic carbocycles. The first-order chi connectivity index (χ1) is 12.4. The van der Waals surface area contributed by atoms with Crippen molar-refractivity contribution >= 4 is 27.0 Å². The fourth-order valence-corrected chi connectivity index (χ4v) is 5.07. The molecule has 1 amide bonds. The second-order valence-corrected chi connectivity index (χ2v) is 8.85. The van der Waals surface area contributed by atoms with Gasteiger partial charge in [-0.15, -0.1) is 0 Å². The first-order valence-electron chi connectivity index (χ1n) is 8.84. The number of sulfonamides is 1. The smallest absolute Gasteiger partial charge is 0.408 e. The van der Waals surface area contributed by atoms with Gasteiger partial charge < -0.3 is 9.32 Å². The van der Waals surface area contributed by atoms with Crippen LogP contribution >= 0.6 is 0 Å². The largest absolute Gasteiger partial charge is 0.417 e. The van der Waals surface area contributed by atoms with Crippen LogP contribution in [-0.2, 0) is 14.8 Å². The van der Waals surface area contributed by atoms with Crippen LogP contribution in [0, 0.1) is 5.92 Å². The van der Waals surface area contributed by atoms with Crippen molar-refractivity contribution in [2.45, 2.75) is 43.0 Å². The summed E-state index contributed by atoms with van der Waals surface area (Å²) in [5.41, 5.74) is 0.642. The summed E-state index contributed by atoms with van der Waals surface area (Å²) >= 11 is 0. The Morgan fingerprint density at radius 1 is 1.23 bits per heavy atom. The van der Waals surface area contributed by atoms with Gasteiger partial charge in [-0.2, -0.15) is 0 Å². The third-order valence-electron chi connectivity index (χ3n) is 5.27. The van der Waals surface area contributed by atoms with Crippen LogP contribution in [0.5, 0.6) is 0 Å². The maximum absolute atomic E-state index is 12.5. The van der Waals surface area contributed by atoms with Gasteiger partial charge in [0.2, 0.25) is 15.9 Å². The minimum atomic E-state index is -3.73. The van der Waals surface area contributed by atoms with Crippen LogP contribution < -0.4 is 10.5 Å². The summed E-state index contributed by atoms with van der Waals surface area (Å²) in [6.45, 7) is 0.831. The molecule has 4 rings (SSSR count). The molecule has 0 bridgehead atoms. The van der Waals surface area contributed by atoms with Crippen LogP contribution in [0.15, 0.2) is 32.3 Å². The molecule has 1 aliphatic heterocycles. The van der Waals surface area contributed by atoms with E-state index >= 15 is 0 Å². The van der Waals surface area contributed by atoms with Crippen molar-refractivity contribution in [2.75, 3.05) is 13.1 Å². The van der Waals surface area contributed by atoms with Crippen LogP contribution in [0.4, 0.5) is 0 Å². The third-order valence-corrected chi connectivity index (χ3v) is 6.69. The fourth-order valence-electron chi connectivity index (χ4n) is 3.92. The van der Waals surface area contributed by atoms with E-state index in [0.29, 0.717) is 30.1 Å². The number of hydrogen-bond acceptors (Lipinski definition) is 5. The van der Waals surface area contributed by atoms with Crippen LogP contribution in [0.25, 0.3) is 11.1 Å². The van der Waals surface area contributed by atoms with E-state index in [2.05, 4.69) is 9.71 Å². The van der Waals surface area contributed by atoms with E-state index in [0.717, 1.165) is 25.7 Å². The van der Waals surface area contributed by atoms with E-state index in [1.807, 2.05) is 4.90 Å². The maximum Gasteiger partial charge on any atom is 0.417 e. The van der Waals surface area contributed by atoms with Crippen molar-refractivity contribution < 1.29 is 17.6 Å². The van der Waals surface area contributed by atoms with Crippen molar-refractivity contribution in [3.8, 4) is 0 Å². The Bertz CT molecular complexity index is 987. The van der Waals surface area contributed by atoms with Crippen LogP contribution in [-0.4, -0.2) is 43.3 Å². The molecule has 0 spiro atoms. The first-order valence-corrected chi connectivity index (χ1v) is 10.3. The summed E-state index contributed by atoms with van der Waals surface area (Å²) in [6, 6.07) is 4.53. The maximum atomic E-state index is 12.5. The van der Waals surface area contributed by atoms with Crippen molar-refractivity contribution in [3.63, 3.8) is 0 Å². The summed E-state index contributed by atoms with van der Waals surface area (Å²) in [5.74, 6) is -0.521. The number of amides is 1. The standard InChI is InChI=1S/C17H21N3O5S/c21-16-7-11(10-20(16)12-3-1-2-4-12)9-18-26(23,24)13-5-6-15-14(8-13)19-17(22)25-15/h5-6,8,11-12,18H,1-4,7,9-10H2,(H,19,22)/t11-/m0/s1. The molecule has 1 saturated heterocycles. The Balaban J connectivity index is 1.42. The highest BCUT2D eigenvalue weighted by Crippen LogP contribution is 2.29. The molecule has 1 atom stereocenters. The first kappa shape index (κ1) is 17.3. The predicted molar refractivity (Wildman–Crippen MR) is 94.1 cm³/mol. The third kappa shape index (κ3) is 3.28. The number of oxazole rings is 1. The molecule has 2 aliphatic rings. The highest BCUT2D eigenvalue weighted by Gasteiger charge is 2.35. The summed E-state index contributed by atoms with van der Waals surface area (Å²) in [4.78, 5) is 27.8. The number of likely N-dealkylation sites (tertiary alicyclic amines) is 1. The zero-order chi connectivity index (χ0) is 18.3. The van der Waals surface area contributed by atoms with Gasteiger partial charge in [0.15, 0.2) is 5.58 Å². The monoisotopic (exact) mass is 379 g/mol. The van der Waals surface area contributed by atoms with Crippen LogP contribution in [0.2, 0.25) is 0 Å². The Labute approximate surface area is 150 Å². The van der Waals surface area contributed by atoms with Crippen molar-refractivity contribution in [3.05, 3.63) is 28.7 Å². The molecule has 8 nitrogen and oxygen atoms in total. The van der Waals surface area contributed by atoms with E-state index in [9.17, 15) is 18.0 Å². The average Bonchev–Trinajstić information content (AvgIpc) is 3.30. The molecule has 26 heavy (non-hydrogen) atoms. The molecule has 0 radical (unpaired) electrons. The van der Waals surface area contributed by atoms with Gasteiger partial charge >= 0.3 is 5.76 Å². The Morgan fingerprint density at radius 2 is 2.00 bits per heavy atom. The molecule has 9 heteroatoms. The lowest BCUT2D eigenvalue weighted by molar-refractivity contribution is -0.129. The van der Waals surface area contributed by atoms with Crippen LogP contribution in [0.1, 0.15) is 32.1 Å². The summed E-state index contributed by atoms with van der Waals surface area (Å²) in [6.07, 6.45) is 4.79. The summed E-state index contributed by atoms with van der Waals surface area (Å²) < 4.78 is 32.5. The average molecular weight is 379 g/mol. The number of nitrogens with zero attached hydrogens (tertiary/aromatic N) is 1. The van der Waals surface area contributed by atoms with Gasteiger partial charge in [0, 0.05) is 25.6 Å². The van der Waals surface area contributed by atoms with Gasteiger partial charge in [-0.3, -0.25) is 9.78 Å². The molecule has 2 N–H and O–H groups in total. The number of fused-ring (bicyclic) bond motifs is 1.